The molecule has 0 spiro atoms. The van der Waals surface area contributed by atoms with E-state index in [4.69, 9.17) is 9.47 Å². The molecule has 0 aliphatic rings. The maximum atomic E-state index is 12.6. The van der Waals surface area contributed by atoms with Crippen molar-refractivity contribution in [3.05, 3.63) is 47.5 Å². The van der Waals surface area contributed by atoms with Crippen LogP contribution < -0.4 is 14.2 Å². The minimum atomic E-state index is -3.70. The number of sulfonamides is 1. The van der Waals surface area contributed by atoms with E-state index in [0.29, 0.717) is 17.2 Å². The largest absolute Gasteiger partial charge is 0.493 e. The summed E-state index contributed by atoms with van der Waals surface area (Å²) in [4.78, 5) is 0.122. The summed E-state index contributed by atoms with van der Waals surface area (Å²) in [6, 6.07) is 10.3. The molecule has 0 aliphatic heterocycles. The predicted molar refractivity (Wildman–Crippen MR) is 90.9 cm³/mol. The van der Waals surface area contributed by atoms with Gasteiger partial charge in [0, 0.05) is 6.07 Å². The molecule has 0 radical (unpaired) electrons. The van der Waals surface area contributed by atoms with Gasteiger partial charge >= 0.3 is 0 Å². The van der Waals surface area contributed by atoms with Crippen molar-refractivity contribution in [2.75, 3.05) is 18.9 Å². The number of benzene rings is 2. The highest BCUT2D eigenvalue weighted by Crippen LogP contribution is 2.30. The van der Waals surface area contributed by atoms with Crippen molar-refractivity contribution < 1.29 is 17.9 Å². The molecular formula is C17H21NO4S. The van der Waals surface area contributed by atoms with Crippen LogP contribution in [0.25, 0.3) is 0 Å². The third-order valence-electron chi connectivity index (χ3n) is 3.62. The van der Waals surface area contributed by atoms with E-state index in [1.165, 1.54) is 26.4 Å². The van der Waals surface area contributed by atoms with Crippen LogP contribution in [0.5, 0.6) is 11.5 Å². The van der Waals surface area contributed by atoms with Crippen LogP contribution in [0.1, 0.15) is 18.1 Å². The van der Waals surface area contributed by atoms with Crippen LogP contribution in [-0.2, 0) is 16.4 Å². The van der Waals surface area contributed by atoms with Gasteiger partial charge in [0.05, 0.1) is 24.8 Å². The molecule has 5 nitrogen and oxygen atoms in total. The summed E-state index contributed by atoms with van der Waals surface area (Å²) in [5.41, 5.74) is 2.52. The Kier molecular flexibility index (Phi) is 5.15. The van der Waals surface area contributed by atoms with Gasteiger partial charge in [-0.25, -0.2) is 8.42 Å². The molecule has 0 aliphatic carbocycles. The summed E-state index contributed by atoms with van der Waals surface area (Å²) < 4.78 is 38.2. The summed E-state index contributed by atoms with van der Waals surface area (Å²) in [7, 11) is -0.731. The van der Waals surface area contributed by atoms with E-state index in [2.05, 4.69) is 4.72 Å². The molecule has 124 valence electrons. The van der Waals surface area contributed by atoms with Gasteiger partial charge in [-0.1, -0.05) is 19.1 Å². The first-order valence-corrected chi connectivity index (χ1v) is 8.74. The van der Waals surface area contributed by atoms with Gasteiger partial charge in [-0.15, -0.1) is 0 Å². The van der Waals surface area contributed by atoms with Crippen molar-refractivity contribution in [3.63, 3.8) is 0 Å². The fourth-order valence-corrected chi connectivity index (χ4v) is 3.32. The Bertz CT molecular complexity index is 800. The second kappa shape index (κ2) is 6.91. The monoisotopic (exact) mass is 335 g/mol. The minimum Gasteiger partial charge on any atom is -0.493 e. The highest BCUT2D eigenvalue weighted by atomic mass is 32.2. The third kappa shape index (κ3) is 3.76. The molecule has 6 heteroatoms. The van der Waals surface area contributed by atoms with Gasteiger partial charge in [0.25, 0.3) is 10.0 Å². The zero-order valence-electron chi connectivity index (χ0n) is 13.7. The standard InChI is InChI=1S/C17H21NO4S/c1-5-13-7-6-12(2)15(10-13)18-23(19,20)14-8-9-16(21-3)17(11-14)22-4/h6-11,18H,5H2,1-4H3. The molecule has 2 aromatic carbocycles. The van der Waals surface area contributed by atoms with Crippen molar-refractivity contribution in [2.45, 2.75) is 25.2 Å². The number of rotatable bonds is 6. The van der Waals surface area contributed by atoms with Crippen LogP contribution >= 0.6 is 0 Å². The Morgan fingerprint density at radius 1 is 1.00 bits per heavy atom. The van der Waals surface area contributed by atoms with Crippen molar-refractivity contribution in [1.82, 2.24) is 0 Å². The zero-order valence-corrected chi connectivity index (χ0v) is 14.5. The Morgan fingerprint density at radius 3 is 2.30 bits per heavy atom. The molecule has 0 aromatic heterocycles. The van der Waals surface area contributed by atoms with E-state index >= 15 is 0 Å². The molecule has 0 saturated carbocycles. The Morgan fingerprint density at radius 2 is 1.70 bits per heavy atom. The number of aryl methyl sites for hydroxylation is 2. The quantitative estimate of drug-likeness (QED) is 0.879. The molecule has 0 saturated heterocycles. The van der Waals surface area contributed by atoms with E-state index in [-0.39, 0.29) is 4.90 Å². The zero-order chi connectivity index (χ0) is 17.0. The summed E-state index contributed by atoms with van der Waals surface area (Å²) >= 11 is 0. The topological polar surface area (TPSA) is 64.6 Å². The van der Waals surface area contributed by atoms with Gasteiger partial charge in [-0.2, -0.15) is 0 Å². The van der Waals surface area contributed by atoms with Crippen molar-refractivity contribution >= 4 is 15.7 Å². The van der Waals surface area contributed by atoms with Crippen LogP contribution in [0.15, 0.2) is 41.3 Å². The molecular weight excluding hydrogens is 314 g/mol. The first-order valence-electron chi connectivity index (χ1n) is 7.25. The van der Waals surface area contributed by atoms with E-state index in [0.717, 1.165) is 17.5 Å². The number of hydrogen-bond acceptors (Lipinski definition) is 4. The first-order chi connectivity index (χ1) is 10.9. The number of ether oxygens (including phenoxy) is 2. The Hall–Kier alpha value is -2.21. The SMILES string of the molecule is CCc1ccc(C)c(NS(=O)(=O)c2ccc(OC)c(OC)c2)c1. The lowest BCUT2D eigenvalue weighted by molar-refractivity contribution is 0.354. The van der Waals surface area contributed by atoms with Crippen LogP contribution in [0.4, 0.5) is 5.69 Å². The molecule has 0 amide bonds. The second-order valence-electron chi connectivity index (χ2n) is 5.13. The summed E-state index contributed by atoms with van der Waals surface area (Å²) in [6.45, 7) is 3.89. The van der Waals surface area contributed by atoms with Gasteiger partial charge in [-0.05, 0) is 42.7 Å². The lowest BCUT2D eigenvalue weighted by atomic mass is 10.1. The van der Waals surface area contributed by atoms with Crippen LogP contribution in [-0.4, -0.2) is 22.6 Å². The molecule has 0 atom stereocenters. The van der Waals surface area contributed by atoms with Crippen molar-refractivity contribution in [3.8, 4) is 11.5 Å². The number of hydrogen-bond donors (Lipinski definition) is 1. The Balaban J connectivity index is 2.39. The summed E-state index contributed by atoms with van der Waals surface area (Å²) in [6.07, 6.45) is 0.839. The maximum Gasteiger partial charge on any atom is 0.262 e. The Labute approximate surface area is 137 Å². The number of methoxy groups -OCH3 is 2. The molecule has 0 unspecified atom stereocenters. The smallest absolute Gasteiger partial charge is 0.262 e. The van der Waals surface area contributed by atoms with E-state index in [1.807, 2.05) is 32.0 Å². The van der Waals surface area contributed by atoms with Crippen LogP contribution in [0.2, 0.25) is 0 Å². The van der Waals surface area contributed by atoms with Crippen molar-refractivity contribution in [2.24, 2.45) is 0 Å². The van der Waals surface area contributed by atoms with E-state index < -0.39 is 10.0 Å². The normalized spacial score (nSPS) is 11.1. The predicted octanol–water partition coefficient (Wildman–Crippen LogP) is 3.38. The average molecular weight is 335 g/mol. The second-order valence-corrected chi connectivity index (χ2v) is 6.81. The number of anilines is 1. The highest BCUT2D eigenvalue weighted by molar-refractivity contribution is 7.92. The fourth-order valence-electron chi connectivity index (χ4n) is 2.19. The van der Waals surface area contributed by atoms with Crippen LogP contribution in [0, 0.1) is 6.92 Å². The van der Waals surface area contributed by atoms with E-state index in [1.54, 1.807) is 6.07 Å². The molecule has 1 N–H and O–H groups in total. The van der Waals surface area contributed by atoms with Gasteiger partial charge in [0.2, 0.25) is 0 Å². The van der Waals surface area contributed by atoms with Gasteiger partial charge < -0.3 is 9.47 Å². The summed E-state index contributed by atoms with van der Waals surface area (Å²) in [5, 5.41) is 0. The summed E-state index contributed by atoms with van der Waals surface area (Å²) in [5.74, 6) is 0.852. The highest BCUT2D eigenvalue weighted by Gasteiger charge is 2.18. The number of nitrogens with one attached hydrogen (secondary N) is 1. The van der Waals surface area contributed by atoms with Crippen molar-refractivity contribution in [1.29, 1.82) is 0 Å². The fraction of sp³-hybridized carbons (Fsp3) is 0.294. The molecule has 23 heavy (non-hydrogen) atoms. The van der Waals surface area contributed by atoms with Gasteiger partial charge in [0.1, 0.15) is 0 Å². The average Bonchev–Trinajstić information content (AvgIpc) is 2.55. The van der Waals surface area contributed by atoms with Gasteiger partial charge in [0.15, 0.2) is 11.5 Å². The lowest BCUT2D eigenvalue weighted by Crippen LogP contribution is -2.14. The molecule has 0 heterocycles. The first kappa shape index (κ1) is 17.1. The van der Waals surface area contributed by atoms with Crippen LogP contribution in [0.3, 0.4) is 0 Å². The lowest BCUT2D eigenvalue weighted by Gasteiger charge is -2.13. The maximum absolute atomic E-state index is 12.6. The molecule has 0 fully saturated rings. The third-order valence-corrected chi connectivity index (χ3v) is 4.98. The van der Waals surface area contributed by atoms with Gasteiger partial charge in [-0.3, -0.25) is 4.72 Å². The minimum absolute atomic E-state index is 0.122. The van der Waals surface area contributed by atoms with E-state index in [9.17, 15) is 8.42 Å². The molecule has 2 rings (SSSR count). The molecule has 2 aromatic rings. The molecule has 0 bridgehead atoms.